The van der Waals surface area contributed by atoms with Gasteiger partial charge in [0.25, 0.3) is 0 Å². The van der Waals surface area contributed by atoms with Crippen LogP contribution in [0.3, 0.4) is 0 Å². The van der Waals surface area contributed by atoms with E-state index in [0.29, 0.717) is 18.9 Å². The zero-order valence-corrected chi connectivity index (χ0v) is 11.1. The summed E-state index contributed by atoms with van der Waals surface area (Å²) >= 11 is 0. The predicted octanol–water partition coefficient (Wildman–Crippen LogP) is -0.0537. The van der Waals surface area contributed by atoms with E-state index in [4.69, 9.17) is 0 Å². The Morgan fingerprint density at radius 2 is 2.11 bits per heavy atom. The van der Waals surface area contributed by atoms with Gasteiger partial charge < -0.3 is 20.3 Å². The quantitative estimate of drug-likeness (QED) is 0.573. The number of carbonyl (C=O) groups excluding carboxylic acids is 2. The van der Waals surface area contributed by atoms with Crippen LogP contribution in [0.4, 0.5) is 10.6 Å². The van der Waals surface area contributed by atoms with Crippen molar-refractivity contribution in [3.63, 3.8) is 0 Å². The monoisotopic (exact) mass is 267 g/mol. The summed E-state index contributed by atoms with van der Waals surface area (Å²) in [5.41, 5.74) is 0. The number of carbonyl (C=O) groups is 2. The minimum absolute atomic E-state index is 0.00942. The molecule has 0 bridgehead atoms. The minimum atomic E-state index is -0.593. The van der Waals surface area contributed by atoms with E-state index in [-0.39, 0.29) is 11.9 Å². The van der Waals surface area contributed by atoms with Gasteiger partial charge in [0.05, 0.1) is 7.11 Å². The fraction of sp³-hybridized carbons (Fsp3) is 0.455. The molecule has 0 aromatic carbocycles. The number of urea groups is 1. The lowest BCUT2D eigenvalue weighted by molar-refractivity contribution is 0.0587. The van der Waals surface area contributed by atoms with Crippen molar-refractivity contribution >= 4 is 17.8 Å². The Labute approximate surface area is 111 Å². The zero-order valence-electron chi connectivity index (χ0n) is 11.1. The van der Waals surface area contributed by atoms with E-state index < -0.39 is 5.97 Å². The average molecular weight is 267 g/mol. The van der Waals surface area contributed by atoms with Gasteiger partial charge in [-0.2, -0.15) is 0 Å². The largest absolute Gasteiger partial charge is 0.463 e. The van der Waals surface area contributed by atoms with Crippen LogP contribution in [0.25, 0.3) is 0 Å². The standard InChI is InChI=1S/C11H17N5O3/c1-16(2)11(18)14-7-6-12-8-4-5-13-9(15-8)10(17)19-3/h4-5H,6-7H2,1-3H3,(H,14,18)(H,12,13,15). The maximum atomic E-state index is 11.2. The first-order valence-electron chi connectivity index (χ1n) is 5.65. The summed E-state index contributed by atoms with van der Waals surface area (Å²) in [6.07, 6.45) is 1.46. The fourth-order valence-corrected chi connectivity index (χ4v) is 1.16. The van der Waals surface area contributed by atoms with Crippen LogP contribution >= 0.6 is 0 Å². The third kappa shape index (κ3) is 4.78. The van der Waals surface area contributed by atoms with Gasteiger partial charge in [-0.15, -0.1) is 0 Å². The van der Waals surface area contributed by atoms with Gasteiger partial charge in [0.1, 0.15) is 5.82 Å². The van der Waals surface area contributed by atoms with E-state index in [2.05, 4.69) is 25.3 Å². The molecule has 1 aromatic heterocycles. The average Bonchev–Trinajstić information content (AvgIpc) is 2.42. The van der Waals surface area contributed by atoms with Gasteiger partial charge in [0, 0.05) is 33.4 Å². The van der Waals surface area contributed by atoms with Crippen LogP contribution in [0.5, 0.6) is 0 Å². The Kier molecular flexibility index (Phi) is 5.52. The van der Waals surface area contributed by atoms with E-state index in [1.807, 2.05) is 0 Å². The van der Waals surface area contributed by atoms with E-state index in [0.717, 1.165) is 0 Å². The molecule has 1 aromatic rings. The molecule has 104 valence electrons. The number of anilines is 1. The highest BCUT2D eigenvalue weighted by Crippen LogP contribution is 2.02. The molecular weight excluding hydrogens is 250 g/mol. The summed E-state index contributed by atoms with van der Waals surface area (Å²) in [6, 6.07) is 1.46. The second-order valence-electron chi connectivity index (χ2n) is 3.81. The number of aromatic nitrogens is 2. The normalized spacial score (nSPS) is 9.63. The molecule has 8 nitrogen and oxygen atoms in total. The van der Waals surface area contributed by atoms with E-state index in [9.17, 15) is 9.59 Å². The van der Waals surface area contributed by atoms with Crippen molar-refractivity contribution in [3.8, 4) is 0 Å². The SMILES string of the molecule is COC(=O)c1nccc(NCCNC(=O)N(C)C)n1. The van der Waals surface area contributed by atoms with Crippen molar-refractivity contribution < 1.29 is 14.3 Å². The number of nitrogens with zero attached hydrogens (tertiary/aromatic N) is 3. The molecule has 2 amide bonds. The highest BCUT2D eigenvalue weighted by molar-refractivity contribution is 5.85. The summed E-state index contributed by atoms with van der Waals surface area (Å²) in [6.45, 7) is 0.922. The lowest BCUT2D eigenvalue weighted by atomic mass is 10.5. The molecule has 0 radical (unpaired) electrons. The molecule has 0 spiro atoms. The highest BCUT2D eigenvalue weighted by Gasteiger charge is 2.09. The summed E-state index contributed by atoms with van der Waals surface area (Å²) in [5, 5.41) is 5.66. The van der Waals surface area contributed by atoms with Crippen LogP contribution in [-0.2, 0) is 4.74 Å². The topological polar surface area (TPSA) is 96.4 Å². The van der Waals surface area contributed by atoms with Crippen LogP contribution in [-0.4, -0.2) is 61.2 Å². The van der Waals surface area contributed by atoms with Gasteiger partial charge >= 0.3 is 12.0 Å². The van der Waals surface area contributed by atoms with E-state index in [1.54, 1.807) is 20.2 Å². The molecule has 1 heterocycles. The van der Waals surface area contributed by atoms with Crippen LogP contribution in [0.2, 0.25) is 0 Å². The smallest absolute Gasteiger partial charge is 0.376 e. The van der Waals surface area contributed by atoms with Crippen LogP contribution < -0.4 is 10.6 Å². The molecule has 0 atom stereocenters. The Hall–Kier alpha value is -2.38. The van der Waals surface area contributed by atoms with Crippen molar-refractivity contribution in [1.82, 2.24) is 20.2 Å². The third-order valence-corrected chi connectivity index (χ3v) is 2.14. The number of rotatable bonds is 5. The molecule has 0 saturated heterocycles. The van der Waals surface area contributed by atoms with Gasteiger partial charge in [0.15, 0.2) is 0 Å². The fourth-order valence-electron chi connectivity index (χ4n) is 1.16. The first kappa shape index (κ1) is 14.7. The summed E-state index contributed by atoms with van der Waals surface area (Å²) in [5.74, 6) is -0.108. The number of ether oxygens (including phenoxy) is 1. The van der Waals surface area contributed by atoms with Crippen molar-refractivity contribution in [2.24, 2.45) is 0 Å². The number of methoxy groups -OCH3 is 1. The molecule has 0 saturated carbocycles. The second-order valence-corrected chi connectivity index (χ2v) is 3.81. The Morgan fingerprint density at radius 3 is 2.74 bits per heavy atom. The van der Waals surface area contributed by atoms with E-state index in [1.165, 1.54) is 18.2 Å². The molecule has 0 aliphatic carbocycles. The maximum absolute atomic E-state index is 11.2. The summed E-state index contributed by atoms with van der Waals surface area (Å²) < 4.78 is 4.52. The first-order valence-corrected chi connectivity index (χ1v) is 5.65. The van der Waals surface area contributed by atoms with Gasteiger partial charge in [0.2, 0.25) is 5.82 Å². The number of nitrogens with one attached hydrogen (secondary N) is 2. The number of amides is 2. The van der Waals surface area contributed by atoms with Crippen molar-refractivity contribution in [3.05, 3.63) is 18.1 Å². The Morgan fingerprint density at radius 1 is 1.37 bits per heavy atom. The lowest BCUT2D eigenvalue weighted by Crippen LogP contribution is -2.37. The predicted molar refractivity (Wildman–Crippen MR) is 68.9 cm³/mol. The first-order chi connectivity index (χ1) is 9.04. The number of hydrogen-bond acceptors (Lipinski definition) is 6. The van der Waals surface area contributed by atoms with Gasteiger partial charge in [-0.25, -0.2) is 19.6 Å². The maximum Gasteiger partial charge on any atom is 0.376 e. The van der Waals surface area contributed by atoms with Crippen molar-refractivity contribution in [2.75, 3.05) is 39.6 Å². The van der Waals surface area contributed by atoms with Gasteiger partial charge in [-0.05, 0) is 6.07 Å². The van der Waals surface area contributed by atoms with Crippen LogP contribution in [0, 0.1) is 0 Å². The molecule has 8 heteroatoms. The second kappa shape index (κ2) is 7.14. The Bertz CT molecular complexity index is 450. The summed E-state index contributed by atoms with van der Waals surface area (Å²) in [4.78, 5) is 31.7. The van der Waals surface area contributed by atoms with Gasteiger partial charge in [-0.1, -0.05) is 0 Å². The van der Waals surface area contributed by atoms with Crippen molar-refractivity contribution in [2.45, 2.75) is 0 Å². The minimum Gasteiger partial charge on any atom is -0.463 e. The molecule has 2 N–H and O–H groups in total. The lowest BCUT2D eigenvalue weighted by Gasteiger charge is -2.12. The zero-order chi connectivity index (χ0) is 14.3. The Balaban J connectivity index is 2.41. The van der Waals surface area contributed by atoms with Crippen LogP contribution in [0.1, 0.15) is 10.6 Å². The molecule has 0 aliphatic heterocycles. The number of esters is 1. The molecule has 0 unspecified atom stereocenters. The van der Waals surface area contributed by atoms with E-state index >= 15 is 0 Å². The molecule has 0 fully saturated rings. The van der Waals surface area contributed by atoms with Crippen molar-refractivity contribution in [1.29, 1.82) is 0 Å². The molecule has 19 heavy (non-hydrogen) atoms. The highest BCUT2D eigenvalue weighted by atomic mass is 16.5. The van der Waals surface area contributed by atoms with Crippen LogP contribution in [0.15, 0.2) is 12.3 Å². The molecule has 0 aliphatic rings. The molecular formula is C11H17N5O3. The number of hydrogen-bond donors (Lipinski definition) is 2. The summed E-state index contributed by atoms with van der Waals surface area (Å²) in [7, 11) is 4.59. The molecule has 1 rings (SSSR count). The third-order valence-electron chi connectivity index (χ3n) is 2.14. The van der Waals surface area contributed by atoms with Gasteiger partial charge in [-0.3, -0.25) is 0 Å².